The van der Waals surface area contributed by atoms with Crippen LogP contribution in [0.5, 0.6) is 0 Å². The number of carbonyl (C=O) groups is 1. The van der Waals surface area contributed by atoms with Crippen LogP contribution in [0.3, 0.4) is 0 Å². The summed E-state index contributed by atoms with van der Waals surface area (Å²) in [6, 6.07) is 4.22. The smallest absolute Gasteiger partial charge is 0.233 e. The van der Waals surface area contributed by atoms with Gasteiger partial charge in [-0.3, -0.25) is 9.69 Å². The molecule has 1 rings (SSSR count). The average Bonchev–Trinajstić information content (AvgIpc) is 2.82. The van der Waals surface area contributed by atoms with Crippen LogP contribution in [0.15, 0.2) is 17.5 Å². The number of nitrogens with two attached hydrogens (primary N) is 1. The molecule has 4 nitrogen and oxygen atoms in total. The molecule has 1 unspecified atom stereocenters. The number of nitrogens with zero attached hydrogens (tertiary/aromatic N) is 1. The van der Waals surface area contributed by atoms with Gasteiger partial charge in [0.1, 0.15) is 0 Å². The van der Waals surface area contributed by atoms with Gasteiger partial charge in [0.05, 0.1) is 12.6 Å². The molecule has 1 amide bonds. The van der Waals surface area contributed by atoms with Crippen molar-refractivity contribution in [2.45, 2.75) is 13.0 Å². The van der Waals surface area contributed by atoms with Crippen LogP contribution in [0.4, 0.5) is 0 Å². The molecule has 1 atom stereocenters. The predicted molar refractivity (Wildman–Crippen MR) is 67.4 cm³/mol. The Kier molecular flexibility index (Phi) is 5.45. The van der Waals surface area contributed by atoms with Gasteiger partial charge < -0.3 is 11.1 Å². The highest BCUT2D eigenvalue weighted by molar-refractivity contribution is 7.10. The molecule has 90 valence electrons. The quantitative estimate of drug-likeness (QED) is 0.775. The van der Waals surface area contributed by atoms with Crippen molar-refractivity contribution < 1.29 is 4.79 Å². The number of hydrogen-bond acceptors (Lipinski definition) is 4. The fourth-order valence-electron chi connectivity index (χ4n) is 1.63. The molecule has 5 heteroatoms. The van der Waals surface area contributed by atoms with Crippen molar-refractivity contribution in [3.8, 4) is 0 Å². The molecule has 0 saturated carbocycles. The van der Waals surface area contributed by atoms with Crippen molar-refractivity contribution in [3.05, 3.63) is 22.4 Å². The summed E-state index contributed by atoms with van der Waals surface area (Å²) < 4.78 is 0. The minimum Gasteiger partial charge on any atom is -0.358 e. The predicted octanol–water partition coefficient (Wildman–Crippen LogP) is 0.816. The third-order valence-electron chi connectivity index (χ3n) is 2.57. The lowest BCUT2D eigenvalue weighted by Gasteiger charge is -2.28. The van der Waals surface area contributed by atoms with Gasteiger partial charge in [0, 0.05) is 18.5 Å². The molecule has 1 aromatic rings. The maximum absolute atomic E-state index is 11.4. The first-order valence-electron chi connectivity index (χ1n) is 5.41. The monoisotopic (exact) mass is 241 g/mol. The summed E-state index contributed by atoms with van der Waals surface area (Å²) in [5.74, 6) is 0.0249. The van der Waals surface area contributed by atoms with E-state index < -0.39 is 0 Å². The van der Waals surface area contributed by atoms with E-state index in [1.165, 1.54) is 4.88 Å². The minimum atomic E-state index is 0.0249. The first kappa shape index (κ1) is 13.2. The van der Waals surface area contributed by atoms with Crippen LogP contribution in [-0.2, 0) is 4.79 Å². The Bertz CT molecular complexity index is 313. The summed E-state index contributed by atoms with van der Waals surface area (Å²) in [5.41, 5.74) is 5.79. The summed E-state index contributed by atoms with van der Waals surface area (Å²) in [4.78, 5) is 14.7. The molecular weight excluding hydrogens is 222 g/mol. The number of hydrogen-bond donors (Lipinski definition) is 2. The van der Waals surface area contributed by atoms with E-state index in [0.29, 0.717) is 13.1 Å². The van der Waals surface area contributed by atoms with Crippen LogP contribution in [0.2, 0.25) is 0 Å². The van der Waals surface area contributed by atoms with Gasteiger partial charge in [0.2, 0.25) is 5.91 Å². The first-order valence-corrected chi connectivity index (χ1v) is 6.29. The van der Waals surface area contributed by atoms with Crippen LogP contribution in [-0.4, -0.2) is 37.5 Å². The topological polar surface area (TPSA) is 58.4 Å². The minimum absolute atomic E-state index is 0.0249. The fraction of sp³-hybridized carbons (Fsp3) is 0.545. The van der Waals surface area contributed by atoms with Crippen LogP contribution in [0.25, 0.3) is 0 Å². The van der Waals surface area contributed by atoms with Crippen molar-refractivity contribution in [1.82, 2.24) is 10.2 Å². The van der Waals surface area contributed by atoms with E-state index in [2.05, 4.69) is 16.3 Å². The van der Waals surface area contributed by atoms with Gasteiger partial charge in [-0.2, -0.15) is 0 Å². The molecule has 0 aliphatic carbocycles. The summed E-state index contributed by atoms with van der Waals surface area (Å²) >= 11 is 1.68. The Balaban J connectivity index is 2.72. The molecule has 1 aromatic heterocycles. The lowest BCUT2D eigenvalue weighted by Crippen LogP contribution is -2.40. The molecule has 0 spiro atoms. The van der Waals surface area contributed by atoms with Gasteiger partial charge in [-0.25, -0.2) is 0 Å². The van der Waals surface area contributed by atoms with E-state index >= 15 is 0 Å². The fourth-order valence-corrected chi connectivity index (χ4v) is 2.51. The van der Waals surface area contributed by atoms with Crippen molar-refractivity contribution in [2.24, 2.45) is 5.73 Å². The average molecular weight is 241 g/mol. The van der Waals surface area contributed by atoms with Gasteiger partial charge >= 0.3 is 0 Å². The van der Waals surface area contributed by atoms with Crippen LogP contribution < -0.4 is 11.1 Å². The molecule has 0 radical (unpaired) electrons. The van der Waals surface area contributed by atoms with Gasteiger partial charge in [-0.1, -0.05) is 13.0 Å². The SMILES string of the molecule is CCN(CC(=O)NC)C(CN)c1cccs1. The van der Waals surface area contributed by atoms with Crippen LogP contribution >= 0.6 is 11.3 Å². The zero-order chi connectivity index (χ0) is 12.0. The molecule has 0 aromatic carbocycles. The van der Waals surface area contributed by atoms with E-state index in [1.807, 2.05) is 18.4 Å². The summed E-state index contributed by atoms with van der Waals surface area (Å²) in [6.45, 7) is 3.78. The molecule has 0 fully saturated rings. The molecule has 1 heterocycles. The van der Waals surface area contributed by atoms with Crippen molar-refractivity contribution in [2.75, 3.05) is 26.7 Å². The molecule has 0 saturated heterocycles. The Hall–Kier alpha value is -0.910. The highest BCUT2D eigenvalue weighted by Gasteiger charge is 2.20. The second-order valence-corrected chi connectivity index (χ2v) is 4.48. The molecular formula is C11H19N3OS. The number of nitrogens with one attached hydrogen (secondary N) is 1. The maximum Gasteiger partial charge on any atom is 0.233 e. The maximum atomic E-state index is 11.4. The second-order valence-electron chi connectivity index (χ2n) is 3.50. The van der Waals surface area contributed by atoms with E-state index in [4.69, 9.17) is 5.73 Å². The van der Waals surface area contributed by atoms with Crippen LogP contribution in [0, 0.1) is 0 Å². The Morgan fingerprint density at radius 2 is 2.44 bits per heavy atom. The van der Waals surface area contributed by atoms with Gasteiger partial charge in [-0.15, -0.1) is 11.3 Å². The van der Waals surface area contributed by atoms with Crippen LogP contribution in [0.1, 0.15) is 17.8 Å². The third kappa shape index (κ3) is 3.30. The Morgan fingerprint density at radius 1 is 1.69 bits per heavy atom. The number of amides is 1. The molecule has 0 bridgehead atoms. The lowest BCUT2D eigenvalue weighted by atomic mass is 10.2. The van der Waals surface area contributed by atoms with E-state index in [1.54, 1.807) is 18.4 Å². The number of carbonyl (C=O) groups excluding carboxylic acids is 1. The van der Waals surface area contributed by atoms with E-state index in [9.17, 15) is 4.79 Å². The van der Waals surface area contributed by atoms with Crippen molar-refractivity contribution >= 4 is 17.2 Å². The second kappa shape index (κ2) is 6.62. The van der Waals surface area contributed by atoms with Crippen molar-refractivity contribution in [3.63, 3.8) is 0 Å². The standard InChI is InChI=1S/C11H19N3OS/c1-3-14(8-11(15)13-2)9(7-12)10-5-4-6-16-10/h4-6,9H,3,7-8,12H2,1-2H3,(H,13,15). The van der Waals surface area contributed by atoms with E-state index in [0.717, 1.165) is 6.54 Å². The van der Waals surface area contributed by atoms with Gasteiger partial charge in [0.25, 0.3) is 0 Å². The van der Waals surface area contributed by atoms with Crippen molar-refractivity contribution in [1.29, 1.82) is 0 Å². The summed E-state index contributed by atoms with van der Waals surface area (Å²) in [7, 11) is 1.65. The summed E-state index contributed by atoms with van der Waals surface area (Å²) in [5, 5.41) is 4.67. The number of rotatable bonds is 6. The molecule has 0 aliphatic heterocycles. The lowest BCUT2D eigenvalue weighted by molar-refractivity contribution is -0.122. The molecule has 16 heavy (non-hydrogen) atoms. The molecule has 3 N–H and O–H groups in total. The highest BCUT2D eigenvalue weighted by Crippen LogP contribution is 2.23. The van der Waals surface area contributed by atoms with E-state index in [-0.39, 0.29) is 11.9 Å². The Labute approximate surface area is 100 Å². The van der Waals surface area contributed by atoms with Gasteiger partial charge in [0.15, 0.2) is 0 Å². The number of likely N-dealkylation sites (N-methyl/N-ethyl adjacent to an activating group) is 2. The largest absolute Gasteiger partial charge is 0.358 e. The highest BCUT2D eigenvalue weighted by atomic mass is 32.1. The zero-order valence-electron chi connectivity index (χ0n) is 9.77. The first-order chi connectivity index (χ1) is 7.72. The Morgan fingerprint density at radius 3 is 2.88 bits per heavy atom. The third-order valence-corrected chi connectivity index (χ3v) is 3.54. The van der Waals surface area contributed by atoms with Gasteiger partial charge in [-0.05, 0) is 18.0 Å². The zero-order valence-corrected chi connectivity index (χ0v) is 10.6. The normalized spacial score (nSPS) is 12.8. The molecule has 0 aliphatic rings. The number of thiophene rings is 1. The summed E-state index contributed by atoms with van der Waals surface area (Å²) in [6.07, 6.45) is 0.